The largest absolute Gasteiger partial charge is 0.398 e. The van der Waals surface area contributed by atoms with Gasteiger partial charge in [0, 0.05) is 12.2 Å². The number of allylic oxidation sites excluding steroid dienone is 1. The monoisotopic (exact) mass is 220 g/mol. The van der Waals surface area contributed by atoms with Crippen molar-refractivity contribution >= 4 is 5.78 Å². The highest BCUT2D eigenvalue weighted by molar-refractivity contribution is 5.81. The molecule has 0 radical (unpaired) electrons. The molecule has 88 valence electrons. The van der Waals surface area contributed by atoms with Crippen molar-refractivity contribution in [1.29, 1.82) is 0 Å². The van der Waals surface area contributed by atoms with E-state index in [1.165, 1.54) is 0 Å². The molecule has 1 aliphatic rings. The van der Waals surface area contributed by atoms with Gasteiger partial charge in [0.05, 0.1) is 6.04 Å². The summed E-state index contributed by atoms with van der Waals surface area (Å²) < 4.78 is 0. The Hall–Kier alpha value is -1.35. The number of likely N-dealkylation sites (tertiary alicyclic amines) is 1. The molecule has 0 saturated carbocycles. The molecule has 0 bridgehead atoms. The van der Waals surface area contributed by atoms with E-state index in [2.05, 4.69) is 18.1 Å². The van der Waals surface area contributed by atoms with Crippen LogP contribution >= 0.6 is 0 Å². The van der Waals surface area contributed by atoms with Crippen LogP contribution in [0.2, 0.25) is 0 Å². The second-order valence-electron chi connectivity index (χ2n) is 4.13. The number of carbonyl (C=O) groups is 1. The molecule has 0 aromatic carbocycles. The first-order valence-electron chi connectivity index (χ1n) is 5.58. The molecule has 3 nitrogen and oxygen atoms in total. The van der Waals surface area contributed by atoms with Crippen molar-refractivity contribution in [2.75, 3.05) is 13.1 Å². The third-order valence-corrected chi connectivity index (χ3v) is 3.04. The average molecular weight is 220 g/mol. The van der Waals surface area contributed by atoms with Crippen LogP contribution in [0, 0.1) is 0 Å². The van der Waals surface area contributed by atoms with Gasteiger partial charge >= 0.3 is 0 Å². The molecule has 1 unspecified atom stereocenters. The van der Waals surface area contributed by atoms with Crippen LogP contribution in [0.5, 0.6) is 0 Å². The molecular formula is C13H20N2O. The fourth-order valence-corrected chi connectivity index (χ4v) is 2.10. The predicted octanol–water partition coefficient (Wildman–Crippen LogP) is 1.62. The van der Waals surface area contributed by atoms with Gasteiger partial charge in [0.2, 0.25) is 0 Å². The first-order chi connectivity index (χ1) is 7.60. The fourth-order valence-electron chi connectivity index (χ4n) is 2.10. The summed E-state index contributed by atoms with van der Waals surface area (Å²) in [6.07, 6.45) is 5.39. The third-order valence-electron chi connectivity index (χ3n) is 3.04. The minimum Gasteiger partial charge on any atom is -0.398 e. The molecule has 1 heterocycles. The van der Waals surface area contributed by atoms with Gasteiger partial charge in [-0.25, -0.2) is 0 Å². The summed E-state index contributed by atoms with van der Waals surface area (Å²) >= 11 is 0. The maximum absolute atomic E-state index is 11.4. The van der Waals surface area contributed by atoms with Gasteiger partial charge < -0.3 is 5.73 Å². The van der Waals surface area contributed by atoms with Gasteiger partial charge in [0.25, 0.3) is 0 Å². The number of nitrogens with zero attached hydrogens (tertiary/aromatic N) is 1. The van der Waals surface area contributed by atoms with E-state index in [1.807, 2.05) is 0 Å². The molecule has 1 atom stereocenters. The molecule has 0 amide bonds. The highest BCUT2D eigenvalue weighted by Gasteiger charge is 2.28. The van der Waals surface area contributed by atoms with Gasteiger partial charge in [0.15, 0.2) is 0 Å². The van der Waals surface area contributed by atoms with E-state index >= 15 is 0 Å². The Balaban J connectivity index is 2.76. The molecule has 3 heteroatoms. The second kappa shape index (κ2) is 5.66. The average Bonchev–Trinajstić information content (AvgIpc) is 2.72. The van der Waals surface area contributed by atoms with Crippen molar-refractivity contribution in [3.05, 3.63) is 36.6 Å². The summed E-state index contributed by atoms with van der Waals surface area (Å²) in [7, 11) is 0. The molecule has 1 saturated heterocycles. The summed E-state index contributed by atoms with van der Waals surface area (Å²) in [6, 6.07) is 0.0487. The zero-order valence-electron chi connectivity index (χ0n) is 9.91. The summed E-state index contributed by atoms with van der Waals surface area (Å²) in [5.74, 6) is 0.234. The van der Waals surface area contributed by atoms with Crippen LogP contribution in [0.1, 0.15) is 19.8 Å². The smallest absolute Gasteiger partial charge is 0.146 e. The van der Waals surface area contributed by atoms with Crippen molar-refractivity contribution in [3.8, 4) is 0 Å². The first kappa shape index (κ1) is 12.7. The lowest BCUT2D eigenvalue weighted by molar-refractivity contribution is -0.121. The Morgan fingerprint density at radius 3 is 2.69 bits per heavy atom. The normalized spacial score (nSPS) is 22.7. The van der Waals surface area contributed by atoms with Crippen LogP contribution < -0.4 is 5.73 Å². The quantitative estimate of drug-likeness (QED) is 0.716. The Morgan fingerprint density at radius 1 is 1.50 bits per heavy atom. The zero-order chi connectivity index (χ0) is 12.1. The van der Waals surface area contributed by atoms with Gasteiger partial charge in [-0.1, -0.05) is 19.2 Å². The Kier molecular flexibility index (Phi) is 4.50. The molecule has 2 N–H and O–H groups in total. The number of hydrogen-bond donors (Lipinski definition) is 1. The van der Waals surface area contributed by atoms with Crippen molar-refractivity contribution in [1.82, 2.24) is 4.90 Å². The number of Topliss-reactive ketones (excluding diaryl/α,β-unsaturated/α-hetero) is 1. The van der Waals surface area contributed by atoms with Crippen LogP contribution in [-0.4, -0.2) is 29.8 Å². The molecule has 1 aliphatic heterocycles. The van der Waals surface area contributed by atoms with E-state index in [9.17, 15) is 4.79 Å². The van der Waals surface area contributed by atoms with Gasteiger partial charge in [-0.05, 0) is 38.0 Å². The van der Waals surface area contributed by atoms with E-state index in [0.29, 0.717) is 12.2 Å². The summed E-state index contributed by atoms with van der Waals surface area (Å²) in [4.78, 5) is 13.6. The highest BCUT2D eigenvalue weighted by atomic mass is 16.1. The SMILES string of the molecule is C=C/C(N)=C(\C=C)CN1CCCC1C(C)=O. The van der Waals surface area contributed by atoms with Crippen LogP contribution in [0.4, 0.5) is 0 Å². The maximum Gasteiger partial charge on any atom is 0.146 e. The molecule has 0 aromatic heterocycles. The molecule has 16 heavy (non-hydrogen) atoms. The molecule has 0 aromatic rings. The number of nitrogens with two attached hydrogens (primary N) is 1. The predicted molar refractivity (Wildman–Crippen MR) is 66.9 cm³/mol. The topological polar surface area (TPSA) is 46.3 Å². The highest BCUT2D eigenvalue weighted by Crippen LogP contribution is 2.20. The number of hydrogen-bond acceptors (Lipinski definition) is 3. The Labute approximate surface area is 97.3 Å². The van der Waals surface area contributed by atoms with E-state index in [-0.39, 0.29) is 11.8 Å². The van der Waals surface area contributed by atoms with Gasteiger partial charge in [-0.3, -0.25) is 9.69 Å². The van der Waals surface area contributed by atoms with Gasteiger partial charge in [-0.2, -0.15) is 0 Å². The van der Waals surface area contributed by atoms with E-state index in [1.54, 1.807) is 19.1 Å². The lowest BCUT2D eigenvalue weighted by Gasteiger charge is -2.23. The van der Waals surface area contributed by atoms with Crippen molar-refractivity contribution in [3.63, 3.8) is 0 Å². The number of ketones is 1. The molecule has 1 fully saturated rings. The van der Waals surface area contributed by atoms with E-state index in [0.717, 1.165) is 25.0 Å². The molecule has 0 aliphatic carbocycles. The minimum absolute atomic E-state index is 0.0487. The number of carbonyl (C=O) groups excluding carboxylic acids is 1. The Bertz CT molecular complexity index is 331. The van der Waals surface area contributed by atoms with Crippen molar-refractivity contribution in [2.24, 2.45) is 5.73 Å². The summed E-state index contributed by atoms with van der Waals surface area (Å²) in [5.41, 5.74) is 7.40. The van der Waals surface area contributed by atoms with Gasteiger partial charge in [-0.15, -0.1) is 0 Å². The first-order valence-corrected chi connectivity index (χ1v) is 5.58. The summed E-state index contributed by atoms with van der Waals surface area (Å²) in [6.45, 7) is 10.7. The fraction of sp³-hybridized carbons (Fsp3) is 0.462. The third kappa shape index (κ3) is 2.83. The van der Waals surface area contributed by atoms with E-state index in [4.69, 9.17) is 5.73 Å². The van der Waals surface area contributed by atoms with Crippen LogP contribution in [0.15, 0.2) is 36.6 Å². The molecular weight excluding hydrogens is 200 g/mol. The number of rotatable bonds is 5. The Morgan fingerprint density at radius 2 is 2.19 bits per heavy atom. The lowest BCUT2D eigenvalue weighted by Crippen LogP contribution is -2.36. The summed E-state index contributed by atoms with van der Waals surface area (Å²) in [5, 5.41) is 0. The zero-order valence-corrected chi connectivity index (χ0v) is 9.91. The van der Waals surface area contributed by atoms with Crippen molar-refractivity contribution < 1.29 is 4.79 Å². The molecule has 1 rings (SSSR count). The maximum atomic E-state index is 11.4. The lowest BCUT2D eigenvalue weighted by atomic mass is 10.1. The molecule has 0 spiro atoms. The van der Waals surface area contributed by atoms with Crippen LogP contribution in [-0.2, 0) is 4.79 Å². The second-order valence-corrected chi connectivity index (χ2v) is 4.13. The minimum atomic E-state index is 0.0487. The van der Waals surface area contributed by atoms with E-state index < -0.39 is 0 Å². The van der Waals surface area contributed by atoms with Crippen LogP contribution in [0.3, 0.4) is 0 Å². The van der Waals surface area contributed by atoms with Crippen molar-refractivity contribution in [2.45, 2.75) is 25.8 Å². The standard InChI is InChI=1S/C13H20N2O/c1-4-11(12(14)5-2)9-15-8-6-7-13(15)10(3)16/h4-5,13H,1-2,6-9,14H2,3H3/b12-11-. The van der Waals surface area contributed by atoms with Crippen LogP contribution in [0.25, 0.3) is 0 Å². The van der Waals surface area contributed by atoms with Gasteiger partial charge in [0.1, 0.15) is 5.78 Å².